The SMILES string of the molecule is CCCC(CC)CCNC(=O)c1cccc(Nc2ccc(OCc3ccccn3)cc2C(C)C)c1. The van der Waals surface area contributed by atoms with Gasteiger partial charge in [0.15, 0.2) is 0 Å². The molecule has 2 N–H and O–H groups in total. The first-order chi connectivity index (χ1) is 17.0. The molecule has 5 heteroatoms. The number of nitrogens with one attached hydrogen (secondary N) is 2. The fraction of sp³-hybridized carbons (Fsp3) is 0.400. The van der Waals surface area contributed by atoms with Crippen LogP contribution in [0.5, 0.6) is 5.75 Å². The number of benzene rings is 2. The summed E-state index contributed by atoms with van der Waals surface area (Å²) in [6.07, 6.45) is 6.37. The molecule has 1 unspecified atom stereocenters. The first-order valence-corrected chi connectivity index (χ1v) is 12.8. The fourth-order valence-corrected chi connectivity index (χ4v) is 4.21. The average Bonchev–Trinajstić information content (AvgIpc) is 2.88. The van der Waals surface area contributed by atoms with Crippen LogP contribution in [-0.4, -0.2) is 17.4 Å². The topological polar surface area (TPSA) is 63.2 Å². The number of rotatable bonds is 13. The van der Waals surface area contributed by atoms with E-state index < -0.39 is 0 Å². The zero-order valence-corrected chi connectivity index (χ0v) is 21.5. The van der Waals surface area contributed by atoms with Crippen LogP contribution in [0.25, 0.3) is 0 Å². The quantitative estimate of drug-likeness (QED) is 0.270. The molecule has 0 aliphatic heterocycles. The lowest BCUT2D eigenvalue weighted by Crippen LogP contribution is -2.26. The number of carbonyl (C=O) groups excluding carboxylic acids is 1. The molecule has 186 valence electrons. The molecule has 0 spiro atoms. The van der Waals surface area contributed by atoms with Gasteiger partial charge in [-0.05, 0) is 72.4 Å². The molecule has 1 heterocycles. The van der Waals surface area contributed by atoms with E-state index >= 15 is 0 Å². The third-order valence-corrected chi connectivity index (χ3v) is 6.27. The summed E-state index contributed by atoms with van der Waals surface area (Å²) < 4.78 is 5.97. The van der Waals surface area contributed by atoms with Gasteiger partial charge in [0.25, 0.3) is 5.91 Å². The van der Waals surface area contributed by atoms with Crippen LogP contribution in [0, 0.1) is 5.92 Å². The van der Waals surface area contributed by atoms with Crippen LogP contribution in [0.1, 0.15) is 80.9 Å². The minimum Gasteiger partial charge on any atom is -0.487 e. The first kappa shape index (κ1) is 26.3. The van der Waals surface area contributed by atoms with Crippen LogP contribution in [0.4, 0.5) is 11.4 Å². The monoisotopic (exact) mass is 473 g/mol. The molecule has 0 radical (unpaired) electrons. The van der Waals surface area contributed by atoms with Crippen molar-refractivity contribution in [1.82, 2.24) is 10.3 Å². The number of hydrogen-bond acceptors (Lipinski definition) is 4. The number of ether oxygens (including phenoxy) is 1. The van der Waals surface area contributed by atoms with Gasteiger partial charge in [0.05, 0.1) is 5.69 Å². The fourth-order valence-electron chi connectivity index (χ4n) is 4.21. The number of aromatic nitrogens is 1. The Hall–Kier alpha value is -3.34. The highest BCUT2D eigenvalue weighted by Crippen LogP contribution is 2.31. The third kappa shape index (κ3) is 8.13. The molecule has 35 heavy (non-hydrogen) atoms. The predicted octanol–water partition coefficient (Wildman–Crippen LogP) is 7.47. The zero-order chi connectivity index (χ0) is 25.0. The van der Waals surface area contributed by atoms with E-state index in [4.69, 9.17) is 4.74 Å². The van der Waals surface area contributed by atoms with Gasteiger partial charge >= 0.3 is 0 Å². The van der Waals surface area contributed by atoms with Crippen molar-refractivity contribution in [2.45, 2.75) is 65.9 Å². The Balaban J connectivity index is 1.64. The van der Waals surface area contributed by atoms with E-state index in [1.165, 1.54) is 12.8 Å². The summed E-state index contributed by atoms with van der Waals surface area (Å²) in [6, 6.07) is 19.6. The van der Waals surface area contributed by atoms with Crippen molar-refractivity contribution < 1.29 is 9.53 Å². The molecule has 5 nitrogen and oxygen atoms in total. The zero-order valence-electron chi connectivity index (χ0n) is 21.5. The van der Waals surface area contributed by atoms with Crippen molar-refractivity contribution in [3.8, 4) is 5.75 Å². The Morgan fingerprint density at radius 1 is 1.00 bits per heavy atom. The van der Waals surface area contributed by atoms with Crippen molar-refractivity contribution in [1.29, 1.82) is 0 Å². The summed E-state index contributed by atoms with van der Waals surface area (Å²) in [6.45, 7) is 9.91. The summed E-state index contributed by atoms with van der Waals surface area (Å²) >= 11 is 0. The maximum atomic E-state index is 12.7. The van der Waals surface area contributed by atoms with Gasteiger partial charge in [0.1, 0.15) is 12.4 Å². The van der Waals surface area contributed by atoms with E-state index in [1.807, 2.05) is 54.6 Å². The molecule has 2 aromatic carbocycles. The Labute approximate surface area is 210 Å². The Bertz CT molecular complexity index is 1070. The van der Waals surface area contributed by atoms with Crippen LogP contribution in [0.2, 0.25) is 0 Å². The number of carbonyl (C=O) groups is 1. The molecule has 1 aromatic heterocycles. The first-order valence-electron chi connectivity index (χ1n) is 12.8. The molecular weight excluding hydrogens is 434 g/mol. The number of amides is 1. The molecule has 3 rings (SSSR count). The Kier molecular flexibility index (Phi) is 10.1. The highest BCUT2D eigenvalue weighted by Gasteiger charge is 2.12. The second kappa shape index (κ2) is 13.5. The normalized spacial score (nSPS) is 11.8. The van der Waals surface area contributed by atoms with E-state index in [0.717, 1.165) is 41.2 Å². The number of anilines is 2. The Morgan fingerprint density at radius 2 is 1.86 bits per heavy atom. The van der Waals surface area contributed by atoms with E-state index in [-0.39, 0.29) is 5.91 Å². The summed E-state index contributed by atoms with van der Waals surface area (Å²) in [5, 5.41) is 6.59. The maximum absolute atomic E-state index is 12.7. The average molecular weight is 474 g/mol. The highest BCUT2D eigenvalue weighted by atomic mass is 16.5. The van der Waals surface area contributed by atoms with Crippen LogP contribution in [0.3, 0.4) is 0 Å². The van der Waals surface area contributed by atoms with Gasteiger partial charge in [-0.25, -0.2) is 0 Å². The molecule has 0 fully saturated rings. The smallest absolute Gasteiger partial charge is 0.251 e. The number of hydrogen-bond donors (Lipinski definition) is 2. The molecule has 1 atom stereocenters. The van der Waals surface area contributed by atoms with Crippen molar-refractivity contribution in [2.75, 3.05) is 11.9 Å². The largest absolute Gasteiger partial charge is 0.487 e. The molecule has 0 bridgehead atoms. The van der Waals surface area contributed by atoms with Crippen molar-refractivity contribution >= 4 is 17.3 Å². The predicted molar refractivity (Wildman–Crippen MR) is 144 cm³/mol. The van der Waals surface area contributed by atoms with Crippen molar-refractivity contribution in [2.24, 2.45) is 5.92 Å². The van der Waals surface area contributed by atoms with E-state index in [9.17, 15) is 4.79 Å². The number of pyridine rings is 1. The Morgan fingerprint density at radius 3 is 2.57 bits per heavy atom. The van der Waals surface area contributed by atoms with Gasteiger partial charge in [0, 0.05) is 29.7 Å². The maximum Gasteiger partial charge on any atom is 0.251 e. The highest BCUT2D eigenvalue weighted by molar-refractivity contribution is 5.95. The van der Waals surface area contributed by atoms with Gasteiger partial charge in [0.2, 0.25) is 0 Å². The molecule has 0 aliphatic carbocycles. The molecular formula is C30H39N3O2. The molecule has 0 saturated heterocycles. The van der Waals surface area contributed by atoms with Gasteiger partial charge in [-0.3, -0.25) is 9.78 Å². The lowest BCUT2D eigenvalue weighted by Gasteiger charge is -2.17. The minimum absolute atomic E-state index is 0.0256. The summed E-state index contributed by atoms with van der Waals surface area (Å²) in [5.41, 5.74) is 4.61. The van der Waals surface area contributed by atoms with Gasteiger partial charge < -0.3 is 15.4 Å². The lowest BCUT2D eigenvalue weighted by atomic mass is 9.97. The molecule has 3 aromatic rings. The van der Waals surface area contributed by atoms with E-state index in [0.29, 0.717) is 30.6 Å². The van der Waals surface area contributed by atoms with E-state index in [1.54, 1.807) is 6.20 Å². The van der Waals surface area contributed by atoms with Crippen LogP contribution >= 0.6 is 0 Å². The molecule has 1 amide bonds. The van der Waals surface area contributed by atoms with Crippen LogP contribution in [-0.2, 0) is 6.61 Å². The van der Waals surface area contributed by atoms with Gasteiger partial charge in [-0.2, -0.15) is 0 Å². The number of nitrogens with zero attached hydrogens (tertiary/aromatic N) is 1. The second-order valence-corrected chi connectivity index (χ2v) is 9.33. The summed E-state index contributed by atoms with van der Waals surface area (Å²) in [5.74, 6) is 1.77. The van der Waals surface area contributed by atoms with E-state index in [2.05, 4.69) is 49.4 Å². The third-order valence-electron chi connectivity index (χ3n) is 6.27. The second-order valence-electron chi connectivity index (χ2n) is 9.33. The standard InChI is InChI=1S/C30H39N3O2/c1-5-10-23(6-2)16-18-32-30(34)24-11-9-13-25(19-24)33-29-15-14-27(20-28(29)22(3)4)35-21-26-12-7-8-17-31-26/h7-9,11-15,17,19-20,22-23,33H,5-6,10,16,18,21H2,1-4H3,(H,32,34). The van der Waals surface area contributed by atoms with Crippen LogP contribution in [0.15, 0.2) is 66.9 Å². The lowest BCUT2D eigenvalue weighted by molar-refractivity contribution is 0.0951. The molecule has 0 aliphatic rings. The van der Waals surface area contributed by atoms with Crippen molar-refractivity contribution in [3.05, 3.63) is 83.7 Å². The minimum atomic E-state index is -0.0256. The molecule has 0 saturated carbocycles. The van der Waals surface area contributed by atoms with Gasteiger partial charge in [-0.15, -0.1) is 0 Å². The van der Waals surface area contributed by atoms with Gasteiger partial charge in [-0.1, -0.05) is 59.1 Å². The summed E-state index contributed by atoms with van der Waals surface area (Å²) in [4.78, 5) is 17.0. The summed E-state index contributed by atoms with van der Waals surface area (Å²) in [7, 11) is 0. The van der Waals surface area contributed by atoms with Crippen molar-refractivity contribution in [3.63, 3.8) is 0 Å². The van der Waals surface area contributed by atoms with Crippen LogP contribution < -0.4 is 15.4 Å².